The van der Waals surface area contributed by atoms with Gasteiger partial charge in [-0.1, -0.05) is 9.84 Å². The number of hydrogen-bond acceptors (Lipinski definition) is 13. The van der Waals surface area contributed by atoms with E-state index in [4.69, 9.17) is 0 Å². The molecule has 0 aromatic carbocycles. The van der Waals surface area contributed by atoms with E-state index < -0.39 is 33.1 Å². The fourth-order valence-electron chi connectivity index (χ4n) is 1.42. The van der Waals surface area contributed by atoms with Crippen LogP contribution in [-0.4, -0.2) is 45.6 Å². The number of aromatic amines is 1. The van der Waals surface area contributed by atoms with E-state index in [1.54, 1.807) is 0 Å². The monoisotopic (exact) mass is 340 g/mol. The topological polar surface area (TPSA) is 235 Å². The van der Waals surface area contributed by atoms with E-state index in [1.807, 2.05) is 0 Å². The van der Waals surface area contributed by atoms with E-state index >= 15 is 0 Å². The van der Waals surface area contributed by atoms with E-state index in [0.29, 0.717) is 0 Å². The van der Waals surface area contributed by atoms with Crippen LogP contribution < -0.4 is 4.68 Å². The first-order valence-electron chi connectivity index (χ1n) is 5.57. The van der Waals surface area contributed by atoms with E-state index in [2.05, 4.69) is 45.3 Å². The highest BCUT2D eigenvalue weighted by Gasteiger charge is 2.33. The third-order valence-electron chi connectivity index (χ3n) is 2.38. The summed E-state index contributed by atoms with van der Waals surface area (Å²) >= 11 is 0. The maximum atomic E-state index is 12.0. The second-order valence-corrected chi connectivity index (χ2v) is 3.78. The molecule has 0 saturated carbocycles. The van der Waals surface area contributed by atoms with E-state index in [0.717, 1.165) is 10.9 Å². The van der Waals surface area contributed by atoms with Crippen molar-refractivity contribution >= 4 is 23.3 Å². The number of aromatic nitrogens is 7. The summed E-state index contributed by atoms with van der Waals surface area (Å²) in [5, 5.41) is 54.6. The molecule has 3 aromatic heterocycles. The van der Waals surface area contributed by atoms with E-state index in [9.17, 15) is 25.4 Å². The molecule has 0 saturated heterocycles. The number of nitro groups is 2. The number of nitrogens with one attached hydrogen (secondary N) is 1. The molecule has 0 unspecified atom stereocenters. The minimum absolute atomic E-state index is 0.224. The fourth-order valence-corrected chi connectivity index (χ4v) is 1.42. The average molecular weight is 340 g/mol. The van der Waals surface area contributed by atoms with Gasteiger partial charge in [0.2, 0.25) is 5.16 Å². The summed E-state index contributed by atoms with van der Waals surface area (Å²) in [5.41, 5.74) is 0. The molecule has 24 heavy (non-hydrogen) atoms. The molecular weight excluding hydrogens is 338 g/mol. The van der Waals surface area contributed by atoms with E-state index in [-0.39, 0.29) is 10.7 Å². The third kappa shape index (κ3) is 2.44. The molecule has 0 amide bonds. The van der Waals surface area contributed by atoms with Crippen molar-refractivity contribution in [2.75, 3.05) is 0 Å². The molecule has 18 heteroatoms. The van der Waals surface area contributed by atoms with Crippen molar-refractivity contribution in [3.8, 4) is 5.82 Å². The van der Waals surface area contributed by atoms with Gasteiger partial charge in [0.25, 0.3) is 0 Å². The maximum Gasteiger partial charge on any atom is 0.480 e. The van der Waals surface area contributed by atoms with Gasteiger partial charge in [-0.3, -0.25) is 0 Å². The van der Waals surface area contributed by atoms with Gasteiger partial charge in [0, 0.05) is 10.3 Å². The average Bonchev–Trinajstić information content (AvgIpc) is 3.26. The summed E-state index contributed by atoms with van der Waals surface area (Å²) in [4.78, 5) is 19.2. The highest BCUT2D eigenvalue weighted by atomic mass is 16.6. The number of azo groups is 1. The lowest BCUT2D eigenvalue weighted by Gasteiger charge is -1.96. The Labute approximate surface area is 126 Å². The molecule has 0 bridgehead atoms. The van der Waals surface area contributed by atoms with Crippen molar-refractivity contribution in [1.82, 2.24) is 30.9 Å². The Morgan fingerprint density at radius 2 is 1.75 bits per heavy atom. The summed E-state index contributed by atoms with van der Waals surface area (Å²) in [6.45, 7) is 0. The lowest BCUT2D eigenvalue weighted by molar-refractivity contribution is -0.668. The molecule has 3 heterocycles. The van der Waals surface area contributed by atoms with Crippen LogP contribution in [0, 0.1) is 25.4 Å². The van der Waals surface area contributed by atoms with Gasteiger partial charge in [0.05, 0.1) is 0 Å². The molecule has 0 aliphatic heterocycles. The summed E-state index contributed by atoms with van der Waals surface area (Å²) in [6.07, 6.45) is 0.886. The predicted octanol–water partition coefficient (Wildman–Crippen LogP) is -0.806. The minimum Gasteiger partial charge on any atom is -0.690 e. The SMILES string of the molecule is O=[N+]([O-])c1c[n+](-c2nonc2[N+]([O-])=Nc2nonc2[N+](=O)[O-])[nH]n1. The van der Waals surface area contributed by atoms with Crippen LogP contribution in [0.2, 0.25) is 0 Å². The first kappa shape index (κ1) is 14.6. The van der Waals surface area contributed by atoms with Crippen molar-refractivity contribution in [2.45, 2.75) is 0 Å². The third-order valence-corrected chi connectivity index (χ3v) is 2.38. The molecule has 0 atom stereocenters. The van der Waals surface area contributed by atoms with Crippen LogP contribution in [0.3, 0.4) is 0 Å². The standard InChI is InChI=1S/C6HN11O7/c18-15(8-3-4(17(21)22)10-23-9-3)6-5(11-24-12-6)14-1-2(7-13-14)16(19)20/h1H/p+1. The van der Waals surface area contributed by atoms with Gasteiger partial charge in [-0.25, -0.2) is 0 Å². The molecule has 0 spiro atoms. The molecule has 1 N–H and O–H groups in total. The molecule has 0 aliphatic carbocycles. The lowest BCUT2D eigenvalue weighted by Crippen LogP contribution is -2.33. The van der Waals surface area contributed by atoms with Crippen molar-refractivity contribution in [1.29, 1.82) is 0 Å². The first-order valence-corrected chi connectivity index (χ1v) is 5.57. The van der Waals surface area contributed by atoms with Gasteiger partial charge in [0.15, 0.2) is 11.4 Å². The molecule has 18 nitrogen and oxygen atoms in total. The molecule has 0 radical (unpaired) electrons. The zero-order valence-corrected chi connectivity index (χ0v) is 10.9. The Hall–Kier alpha value is -4.38. The van der Waals surface area contributed by atoms with Crippen molar-refractivity contribution in [3.63, 3.8) is 0 Å². The molecule has 3 aromatic rings. The van der Waals surface area contributed by atoms with Crippen LogP contribution in [0.4, 0.5) is 23.3 Å². The Morgan fingerprint density at radius 1 is 1.04 bits per heavy atom. The number of rotatable bonds is 5. The highest BCUT2D eigenvalue weighted by Crippen LogP contribution is 2.24. The maximum absolute atomic E-state index is 12.0. The smallest absolute Gasteiger partial charge is 0.480 e. The normalized spacial score (nSPS) is 11.6. The molecular formula is C6H2N11O7+. The second kappa shape index (κ2) is 5.43. The first-order chi connectivity index (χ1) is 11.5. The summed E-state index contributed by atoms with van der Waals surface area (Å²) < 4.78 is 9.31. The van der Waals surface area contributed by atoms with Crippen LogP contribution in [0.15, 0.2) is 20.6 Å². The Morgan fingerprint density at radius 3 is 2.42 bits per heavy atom. The summed E-state index contributed by atoms with van der Waals surface area (Å²) in [7, 11) is 0. The van der Waals surface area contributed by atoms with Gasteiger partial charge < -0.3 is 25.4 Å². The Bertz CT molecular complexity index is 952. The van der Waals surface area contributed by atoms with Crippen LogP contribution in [0.5, 0.6) is 0 Å². The molecule has 3 rings (SSSR count). The zero-order chi connectivity index (χ0) is 17.3. The number of hydrogen-bond donors (Lipinski definition) is 1. The minimum atomic E-state index is -0.974. The number of H-pyrrole nitrogens is 1. The Balaban J connectivity index is 2.00. The van der Waals surface area contributed by atoms with Gasteiger partial charge in [0.1, 0.15) is 5.16 Å². The van der Waals surface area contributed by atoms with Crippen LogP contribution in [0.25, 0.3) is 5.82 Å². The van der Waals surface area contributed by atoms with Crippen molar-refractivity contribution in [2.24, 2.45) is 5.11 Å². The Kier molecular flexibility index (Phi) is 3.29. The van der Waals surface area contributed by atoms with E-state index in [1.165, 1.54) is 0 Å². The quantitative estimate of drug-likeness (QED) is 0.260. The van der Waals surface area contributed by atoms with Gasteiger partial charge >= 0.3 is 29.1 Å². The fraction of sp³-hybridized carbons (Fsp3) is 0. The molecule has 0 aliphatic rings. The summed E-state index contributed by atoms with van der Waals surface area (Å²) in [6, 6.07) is 0. The van der Waals surface area contributed by atoms with Crippen LogP contribution >= 0.6 is 0 Å². The summed E-state index contributed by atoms with van der Waals surface area (Å²) in [5.74, 6) is -3.16. The van der Waals surface area contributed by atoms with Crippen LogP contribution in [0.1, 0.15) is 0 Å². The van der Waals surface area contributed by atoms with Gasteiger partial charge in [-0.05, 0) is 15.0 Å². The number of nitrogens with zero attached hydrogens (tertiary/aromatic N) is 10. The van der Waals surface area contributed by atoms with Gasteiger partial charge in [-0.2, -0.15) is 0 Å². The molecule has 0 fully saturated rings. The lowest BCUT2D eigenvalue weighted by atomic mass is 10.6. The van der Waals surface area contributed by atoms with Crippen molar-refractivity contribution < 1.29 is 28.6 Å². The zero-order valence-electron chi connectivity index (χ0n) is 10.9. The van der Waals surface area contributed by atoms with Gasteiger partial charge in [-0.15, -0.1) is 14.2 Å². The van der Waals surface area contributed by atoms with Crippen LogP contribution in [-0.2, 0) is 0 Å². The molecule has 122 valence electrons. The second-order valence-electron chi connectivity index (χ2n) is 3.78. The predicted molar refractivity (Wildman–Crippen MR) is 61.0 cm³/mol. The van der Waals surface area contributed by atoms with Crippen molar-refractivity contribution in [3.05, 3.63) is 31.6 Å². The largest absolute Gasteiger partial charge is 0.690 e. The highest BCUT2D eigenvalue weighted by molar-refractivity contribution is 5.41.